The van der Waals surface area contributed by atoms with Gasteiger partial charge in [-0.3, -0.25) is 14.9 Å². The summed E-state index contributed by atoms with van der Waals surface area (Å²) in [6.45, 7) is 2.00. The van der Waals surface area contributed by atoms with Crippen molar-refractivity contribution in [1.82, 2.24) is 5.32 Å². The van der Waals surface area contributed by atoms with E-state index in [1.165, 1.54) is 6.07 Å². The number of benzene rings is 1. The van der Waals surface area contributed by atoms with Crippen molar-refractivity contribution in [3.8, 4) is 0 Å². The molecule has 2 amide bonds. The number of hydrogen-bond donors (Lipinski definition) is 1. The zero-order valence-electron chi connectivity index (χ0n) is 11.8. The Morgan fingerprint density at radius 3 is 2.75 bits per heavy atom. The number of likely N-dealkylation sites (N-methyl/N-ethyl adjacent to an activating group) is 1. The predicted molar refractivity (Wildman–Crippen MR) is 75.0 cm³/mol. The monoisotopic (exact) mass is 278 g/mol. The van der Waals surface area contributed by atoms with Gasteiger partial charge in [0.25, 0.3) is 0 Å². The van der Waals surface area contributed by atoms with Crippen molar-refractivity contribution in [1.29, 1.82) is 0 Å². The number of rotatable bonds is 4. The summed E-state index contributed by atoms with van der Waals surface area (Å²) >= 11 is 0. The van der Waals surface area contributed by atoms with E-state index >= 15 is 0 Å². The van der Waals surface area contributed by atoms with Gasteiger partial charge in [0.1, 0.15) is 11.9 Å². The van der Waals surface area contributed by atoms with Crippen LogP contribution in [0.2, 0.25) is 0 Å². The van der Waals surface area contributed by atoms with Gasteiger partial charge in [-0.1, -0.05) is 19.4 Å². The maximum absolute atomic E-state index is 13.9. The van der Waals surface area contributed by atoms with Crippen molar-refractivity contribution in [3.63, 3.8) is 0 Å². The van der Waals surface area contributed by atoms with E-state index in [1.54, 1.807) is 18.0 Å². The van der Waals surface area contributed by atoms with Gasteiger partial charge in [-0.2, -0.15) is 0 Å². The SMILES string of the molecule is CCCc1ccc(N(C)C2CCC(=O)NC2=O)cc1F. The van der Waals surface area contributed by atoms with Gasteiger partial charge in [0, 0.05) is 19.2 Å². The van der Waals surface area contributed by atoms with E-state index in [4.69, 9.17) is 0 Å². The maximum Gasteiger partial charge on any atom is 0.249 e. The number of hydrogen-bond acceptors (Lipinski definition) is 3. The molecule has 20 heavy (non-hydrogen) atoms. The number of nitrogens with zero attached hydrogens (tertiary/aromatic N) is 1. The largest absolute Gasteiger partial charge is 0.363 e. The van der Waals surface area contributed by atoms with E-state index in [0.29, 0.717) is 30.5 Å². The number of carbonyl (C=O) groups is 2. The lowest BCUT2D eigenvalue weighted by atomic mass is 10.0. The Morgan fingerprint density at radius 2 is 2.15 bits per heavy atom. The minimum atomic E-state index is -0.427. The molecule has 2 rings (SSSR count). The minimum absolute atomic E-state index is 0.246. The normalized spacial score (nSPS) is 18.9. The molecule has 1 aromatic carbocycles. The van der Waals surface area contributed by atoms with Crippen molar-refractivity contribution < 1.29 is 14.0 Å². The van der Waals surface area contributed by atoms with Crippen LogP contribution in [-0.2, 0) is 16.0 Å². The molecule has 4 nitrogen and oxygen atoms in total. The first kappa shape index (κ1) is 14.5. The summed E-state index contributed by atoms with van der Waals surface area (Å²) in [6, 6.07) is 4.60. The highest BCUT2D eigenvalue weighted by molar-refractivity contribution is 6.01. The molecule has 0 aromatic heterocycles. The number of imide groups is 1. The minimum Gasteiger partial charge on any atom is -0.363 e. The lowest BCUT2D eigenvalue weighted by Crippen LogP contribution is -2.51. The van der Waals surface area contributed by atoms with Crippen LogP contribution < -0.4 is 10.2 Å². The van der Waals surface area contributed by atoms with Crippen LogP contribution in [0.4, 0.5) is 10.1 Å². The third-order valence-corrected chi connectivity index (χ3v) is 3.64. The fraction of sp³-hybridized carbons (Fsp3) is 0.467. The van der Waals surface area contributed by atoms with Crippen LogP contribution in [0.25, 0.3) is 0 Å². The molecule has 1 heterocycles. The van der Waals surface area contributed by atoms with Crippen LogP contribution in [0, 0.1) is 5.82 Å². The first-order valence-electron chi connectivity index (χ1n) is 6.88. The van der Waals surface area contributed by atoms with Gasteiger partial charge in [0.05, 0.1) is 0 Å². The Kier molecular flexibility index (Phi) is 4.37. The van der Waals surface area contributed by atoms with Crippen molar-refractivity contribution in [2.45, 2.75) is 38.6 Å². The van der Waals surface area contributed by atoms with Crippen LogP contribution in [0.15, 0.2) is 18.2 Å². The molecular formula is C15H19FN2O2. The van der Waals surface area contributed by atoms with E-state index in [0.717, 1.165) is 6.42 Å². The number of carbonyl (C=O) groups excluding carboxylic acids is 2. The van der Waals surface area contributed by atoms with Crippen LogP contribution >= 0.6 is 0 Å². The summed E-state index contributed by atoms with van der Waals surface area (Å²) in [5, 5.41) is 2.31. The molecule has 0 radical (unpaired) electrons. The average molecular weight is 278 g/mol. The molecule has 0 bridgehead atoms. The fourth-order valence-electron chi connectivity index (χ4n) is 2.46. The smallest absolute Gasteiger partial charge is 0.249 e. The molecule has 0 spiro atoms. The van der Waals surface area contributed by atoms with Crippen molar-refractivity contribution >= 4 is 17.5 Å². The Bertz CT molecular complexity index is 531. The number of amides is 2. The summed E-state index contributed by atoms with van der Waals surface area (Å²) in [4.78, 5) is 24.7. The molecule has 1 atom stereocenters. The Hall–Kier alpha value is -1.91. The molecule has 1 aliphatic heterocycles. The molecule has 1 unspecified atom stereocenters. The van der Waals surface area contributed by atoms with Gasteiger partial charge >= 0.3 is 0 Å². The Labute approximate surface area is 118 Å². The molecule has 1 fully saturated rings. The molecule has 0 aliphatic carbocycles. The van der Waals surface area contributed by atoms with Crippen molar-refractivity contribution in [2.75, 3.05) is 11.9 Å². The zero-order valence-corrected chi connectivity index (χ0v) is 11.8. The third kappa shape index (κ3) is 2.98. The second kappa shape index (κ2) is 6.03. The van der Waals surface area contributed by atoms with Crippen molar-refractivity contribution in [2.24, 2.45) is 0 Å². The van der Waals surface area contributed by atoms with Crippen molar-refractivity contribution in [3.05, 3.63) is 29.6 Å². The van der Waals surface area contributed by atoms with E-state index in [1.807, 2.05) is 13.0 Å². The molecule has 1 aliphatic rings. The van der Waals surface area contributed by atoms with Gasteiger partial charge in [-0.05, 0) is 30.5 Å². The van der Waals surface area contributed by atoms with E-state index in [2.05, 4.69) is 5.32 Å². The molecule has 5 heteroatoms. The highest BCUT2D eigenvalue weighted by atomic mass is 19.1. The van der Waals surface area contributed by atoms with Crippen LogP contribution in [0.5, 0.6) is 0 Å². The van der Waals surface area contributed by atoms with Gasteiger partial charge in [0.15, 0.2) is 0 Å². The summed E-state index contributed by atoms with van der Waals surface area (Å²) in [7, 11) is 1.74. The summed E-state index contributed by atoms with van der Waals surface area (Å²) < 4.78 is 13.9. The quantitative estimate of drug-likeness (QED) is 0.857. The topological polar surface area (TPSA) is 49.4 Å². The van der Waals surface area contributed by atoms with Crippen LogP contribution in [0.1, 0.15) is 31.7 Å². The molecular weight excluding hydrogens is 259 g/mol. The second-order valence-corrected chi connectivity index (χ2v) is 5.10. The number of aryl methyl sites for hydroxylation is 1. The highest BCUT2D eigenvalue weighted by Crippen LogP contribution is 2.23. The van der Waals surface area contributed by atoms with E-state index in [9.17, 15) is 14.0 Å². The average Bonchev–Trinajstić information content (AvgIpc) is 2.40. The molecule has 1 saturated heterocycles. The standard InChI is InChI=1S/C15H19FN2O2/c1-3-4-10-5-6-11(9-12(10)16)18(2)13-7-8-14(19)17-15(13)20/h5-6,9,13H,3-4,7-8H2,1-2H3,(H,17,19,20). The summed E-state index contributed by atoms with van der Waals surface area (Å²) in [5.74, 6) is -0.811. The first-order valence-corrected chi connectivity index (χ1v) is 6.88. The fourth-order valence-corrected chi connectivity index (χ4v) is 2.46. The lowest BCUT2D eigenvalue weighted by Gasteiger charge is -2.31. The molecule has 0 saturated carbocycles. The second-order valence-electron chi connectivity index (χ2n) is 5.10. The lowest BCUT2D eigenvalue weighted by molar-refractivity contribution is -0.134. The number of nitrogens with one attached hydrogen (secondary N) is 1. The predicted octanol–water partition coefficient (Wildman–Crippen LogP) is 2.02. The van der Waals surface area contributed by atoms with E-state index in [-0.39, 0.29) is 17.6 Å². The van der Waals surface area contributed by atoms with Gasteiger partial charge < -0.3 is 4.90 Å². The first-order chi connectivity index (χ1) is 9.52. The Balaban J connectivity index is 2.16. The maximum atomic E-state index is 13.9. The van der Waals surface area contributed by atoms with Gasteiger partial charge in [-0.15, -0.1) is 0 Å². The van der Waals surface area contributed by atoms with Crippen LogP contribution in [0.3, 0.4) is 0 Å². The third-order valence-electron chi connectivity index (χ3n) is 3.64. The summed E-state index contributed by atoms with van der Waals surface area (Å²) in [5.41, 5.74) is 1.34. The zero-order chi connectivity index (χ0) is 14.7. The number of piperidine rings is 1. The molecule has 1 aromatic rings. The van der Waals surface area contributed by atoms with Gasteiger partial charge in [0.2, 0.25) is 11.8 Å². The van der Waals surface area contributed by atoms with Crippen LogP contribution in [-0.4, -0.2) is 24.9 Å². The highest BCUT2D eigenvalue weighted by Gasteiger charge is 2.30. The summed E-state index contributed by atoms with van der Waals surface area (Å²) in [6.07, 6.45) is 2.37. The molecule has 108 valence electrons. The number of halogens is 1. The Morgan fingerprint density at radius 1 is 1.40 bits per heavy atom. The number of anilines is 1. The molecule has 1 N–H and O–H groups in total. The van der Waals surface area contributed by atoms with E-state index < -0.39 is 6.04 Å². The van der Waals surface area contributed by atoms with Gasteiger partial charge in [-0.25, -0.2) is 4.39 Å².